The smallest absolute Gasteiger partial charge is 0.262 e. The molecule has 152 valence electrons. The van der Waals surface area contributed by atoms with Crippen LogP contribution < -0.4 is 10.3 Å². The van der Waals surface area contributed by atoms with Crippen molar-refractivity contribution in [2.24, 2.45) is 0 Å². The summed E-state index contributed by atoms with van der Waals surface area (Å²) in [5, 5.41) is 20.5. The number of benzene rings is 3. The van der Waals surface area contributed by atoms with Gasteiger partial charge in [-0.2, -0.15) is 0 Å². The topological polar surface area (TPSA) is 109 Å². The highest BCUT2D eigenvalue weighted by Crippen LogP contribution is 2.31. The minimum atomic E-state index is -3.58. The number of hydrogen-bond donors (Lipinski definition) is 3. The lowest BCUT2D eigenvalue weighted by Gasteiger charge is -2.14. The van der Waals surface area contributed by atoms with Gasteiger partial charge in [-0.15, -0.1) is 0 Å². The zero-order valence-electron chi connectivity index (χ0n) is 15.9. The number of aromatic nitrogens is 1. The van der Waals surface area contributed by atoms with Crippen molar-refractivity contribution in [1.29, 1.82) is 0 Å². The van der Waals surface area contributed by atoms with E-state index in [0.717, 1.165) is 0 Å². The second kappa shape index (κ2) is 7.33. The van der Waals surface area contributed by atoms with Crippen molar-refractivity contribution in [1.82, 2.24) is 9.29 Å². The number of rotatable bonds is 4. The van der Waals surface area contributed by atoms with E-state index in [1.54, 1.807) is 36.5 Å². The van der Waals surface area contributed by atoms with Gasteiger partial charge in [0.05, 0.1) is 4.90 Å². The van der Waals surface area contributed by atoms with Gasteiger partial charge in [-0.3, -0.25) is 9.36 Å². The Morgan fingerprint density at radius 1 is 0.833 bits per heavy atom. The summed E-state index contributed by atoms with van der Waals surface area (Å²) >= 11 is 0. The Bertz CT molecular complexity index is 1410. The predicted molar refractivity (Wildman–Crippen MR) is 115 cm³/mol. The number of pyridine rings is 1. The van der Waals surface area contributed by atoms with Crippen LogP contribution in [-0.2, 0) is 10.0 Å². The molecule has 0 saturated heterocycles. The summed E-state index contributed by atoms with van der Waals surface area (Å²) in [6.45, 7) is 0. The number of fused-ring (bicyclic) bond motifs is 1. The van der Waals surface area contributed by atoms with Crippen LogP contribution in [-0.4, -0.2) is 30.2 Å². The van der Waals surface area contributed by atoms with Crippen LogP contribution in [0.1, 0.15) is 0 Å². The van der Waals surface area contributed by atoms with Crippen LogP contribution in [0.5, 0.6) is 11.5 Å². The Hall–Kier alpha value is -3.62. The fourth-order valence-electron chi connectivity index (χ4n) is 3.30. The largest absolute Gasteiger partial charge is 0.508 e. The first-order valence-corrected chi connectivity index (χ1v) is 10.5. The number of phenols is 2. The fourth-order valence-corrected chi connectivity index (χ4v) is 4.03. The number of sulfonamides is 1. The molecule has 1 aromatic heterocycles. The van der Waals surface area contributed by atoms with Gasteiger partial charge in [-0.1, -0.05) is 12.1 Å². The Morgan fingerprint density at radius 2 is 1.47 bits per heavy atom. The van der Waals surface area contributed by atoms with Crippen molar-refractivity contribution >= 4 is 20.8 Å². The van der Waals surface area contributed by atoms with Crippen LogP contribution in [0.3, 0.4) is 0 Å². The van der Waals surface area contributed by atoms with E-state index in [1.807, 2.05) is 0 Å². The van der Waals surface area contributed by atoms with E-state index in [9.17, 15) is 23.4 Å². The SMILES string of the molecule is CNS(=O)(=O)c1ccc(-c2cn(-c3ccc(O)cc3)c(=O)c3ccc(O)cc23)cc1. The third-order valence-electron chi connectivity index (χ3n) is 4.87. The Labute approximate surface area is 172 Å². The molecular formula is C22H18N2O5S. The molecule has 4 aromatic rings. The lowest BCUT2D eigenvalue weighted by molar-refractivity contribution is 0.475. The predicted octanol–water partition coefficient (Wildman–Crippen LogP) is 2.98. The highest BCUT2D eigenvalue weighted by molar-refractivity contribution is 7.89. The molecule has 0 spiro atoms. The Morgan fingerprint density at radius 3 is 2.10 bits per heavy atom. The van der Waals surface area contributed by atoms with Crippen molar-refractivity contribution in [3.63, 3.8) is 0 Å². The van der Waals surface area contributed by atoms with Gasteiger partial charge in [0.2, 0.25) is 10.0 Å². The first-order valence-electron chi connectivity index (χ1n) is 9.02. The minimum absolute atomic E-state index is 0.0138. The Balaban J connectivity index is 1.99. The zero-order valence-corrected chi connectivity index (χ0v) is 16.7. The summed E-state index contributed by atoms with van der Waals surface area (Å²) in [5.74, 6) is 0.0963. The minimum Gasteiger partial charge on any atom is -0.508 e. The van der Waals surface area contributed by atoms with E-state index < -0.39 is 10.0 Å². The molecule has 8 heteroatoms. The van der Waals surface area contributed by atoms with Gasteiger partial charge in [0, 0.05) is 28.2 Å². The molecule has 0 radical (unpaired) electrons. The fraction of sp³-hybridized carbons (Fsp3) is 0.0455. The molecule has 0 saturated carbocycles. The van der Waals surface area contributed by atoms with E-state index in [0.29, 0.717) is 27.6 Å². The highest BCUT2D eigenvalue weighted by Gasteiger charge is 2.15. The van der Waals surface area contributed by atoms with Crippen molar-refractivity contribution in [2.45, 2.75) is 4.90 Å². The molecular weight excluding hydrogens is 404 g/mol. The van der Waals surface area contributed by atoms with E-state index in [1.165, 1.54) is 48.0 Å². The van der Waals surface area contributed by atoms with Crippen molar-refractivity contribution < 1.29 is 18.6 Å². The maximum absolute atomic E-state index is 13.1. The lowest BCUT2D eigenvalue weighted by atomic mass is 10.00. The maximum Gasteiger partial charge on any atom is 0.262 e. The van der Waals surface area contributed by atoms with E-state index in [-0.39, 0.29) is 22.0 Å². The molecule has 0 amide bonds. The molecule has 0 aliphatic carbocycles. The van der Waals surface area contributed by atoms with E-state index >= 15 is 0 Å². The molecule has 0 aliphatic rings. The Kier molecular flexibility index (Phi) is 4.81. The average Bonchev–Trinajstić information content (AvgIpc) is 2.75. The monoisotopic (exact) mass is 422 g/mol. The van der Waals surface area contributed by atoms with Gasteiger partial charge in [-0.05, 0) is 67.2 Å². The van der Waals surface area contributed by atoms with Crippen molar-refractivity contribution in [2.75, 3.05) is 7.05 Å². The standard InChI is InChI=1S/C22H18N2O5S/c1-23-30(28,29)18-9-2-14(3-10-18)21-13-24(15-4-6-16(25)7-5-15)22(27)19-11-8-17(26)12-20(19)21/h2-13,23,25-26H,1H3. The van der Waals surface area contributed by atoms with Crippen LogP contribution in [0.4, 0.5) is 0 Å². The van der Waals surface area contributed by atoms with Crippen LogP contribution in [0.2, 0.25) is 0 Å². The van der Waals surface area contributed by atoms with Crippen LogP contribution in [0.25, 0.3) is 27.6 Å². The molecule has 7 nitrogen and oxygen atoms in total. The third kappa shape index (κ3) is 3.42. The summed E-state index contributed by atoms with van der Waals surface area (Å²) in [4.78, 5) is 13.2. The van der Waals surface area contributed by atoms with Gasteiger partial charge in [-0.25, -0.2) is 13.1 Å². The van der Waals surface area contributed by atoms with Crippen LogP contribution in [0.15, 0.2) is 82.6 Å². The third-order valence-corrected chi connectivity index (χ3v) is 6.30. The molecule has 4 rings (SSSR count). The average molecular weight is 422 g/mol. The van der Waals surface area contributed by atoms with Crippen molar-refractivity contribution in [3.05, 3.63) is 83.3 Å². The molecule has 0 unspecified atom stereocenters. The maximum atomic E-state index is 13.1. The van der Waals surface area contributed by atoms with Gasteiger partial charge in [0.15, 0.2) is 0 Å². The summed E-state index contributed by atoms with van der Waals surface area (Å²) in [5.41, 5.74) is 1.59. The lowest BCUT2D eigenvalue weighted by Crippen LogP contribution is -2.19. The first-order chi connectivity index (χ1) is 14.3. The highest BCUT2D eigenvalue weighted by atomic mass is 32.2. The molecule has 30 heavy (non-hydrogen) atoms. The first kappa shape index (κ1) is 19.7. The molecule has 1 heterocycles. The number of hydrogen-bond acceptors (Lipinski definition) is 5. The second-order valence-electron chi connectivity index (χ2n) is 6.70. The molecule has 0 bridgehead atoms. The van der Waals surface area contributed by atoms with Gasteiger partial charge >= 0.3 is 0 Å². The quantitative estimate of drug-likeness (QED) is 0.469. The van der Waals surface area contributed by atoms with Crippen LogP contribution >= 0.6 is 0 Å². The van der Waals surface area contributed by atoms with Crippen molar-refractivity contribution in [3.8, 4) is 28.3 Å². The number of nitrogens with zero attached hydrogens (tertiary/aromatic N) is 1. The molecule has 0 atom stereocenters. The summed E-state index contributed by atoms with van der Waals surface area (Å²) in [6.07, 6.45) is 1.64. The summed E-state index contributed by atoms with van der Waals surface area (Å²) in [6, 6.07) is 17.0. The zero-order chi connectivity index (χ0) is 21.5. The normalized spacial score (nSPS) is 11.6. The molecule has 0 aliphatic heterocycles. The van der Waals surface area contributed by atoms with Crippen LogP contribution in [0, 0.1) is 0 Å². The van der Waals surface area contributed by atoms with Gasteiger partial charge < -0.3 is 10.2 Å². The van der Waals surface area contributed by atoms with E-state index in [4.69, 9.17) is 0 Å². The molecule has 3 aromatic carbocycles. The van der Waals surface area contributed by atoms with Gasteiger partial charge in [0.25, 0.3) is 5.56 Å². The molecule has 0 fully saturated rings. The molecule has 3 N–H and O–H groups in total. The summed E-state index contributed by atoms with van der Waals surface area (Å²) < 4.78 is 27.7. The summed E-state index contributed by atoms with van der Waals surface area (Å²) in [7, 11) is -2.24. The van der Waals surface area contributed by atoms with Gasteiger partial charge in [0.1, 0.15) is 11.5 Å². The second-order valence-corrected chi connectivity index (χ2v) is 8.58. The number of phenolic OH excluding ortho intramolecular Hbond substituents is 2. The van der Waals surface area contributed by atoms with E-state index in [2.05, 4.69) is 4.72 Å². The number of nitrogens with one attached hydrogen (secondary N) is 1. The number of aromatic hydroxyl groups is 2.